The Hall–Kier alpha value is -3.25. The van der Waals surface area contributed by atoms with Crippen molar-refractivity contribution in [2.75, 3.05) is 7.11 Å². The fourth-order valence-corrected chi connectivity index (χ4v) is 3.03. The van der Waals surface area contributed by atoms with E-state index in [0.29, 0.717) is 34.8 Å². The lowest BCUT2D eigenvalue weighted by Crippen LogP contribution is -2.05. The minimum atomic E-state index is -0.249. The van der Waals surface area contributed by atoms with E-state index in [0.717, 1.165) is 10.0 Å². The van der Waals surface area contributed by atoms with E-state index >= 15 is 0 Å². The molecular weight excluding hydrogens is 436 g/mol. The molecule has 0 aliphatic rings. The average molecular weight is 453 g/mol. The molecule has 3 aromatic carbocycles. The molecule has 0 amide bonds. The molecule has 0 spiro atoms. The third-order valence-corrected chi connectivity index (χ3v) is 4.85. The van der Waals surface area contributed by atoms with Crippen LogP contribution in [0.5, 0.6) is 23.0 Å². The first-order valence-corrected chi connectivity index (χ1v) is 9.66. The van der Waals surface area contributed by atoms with Gasteiger partial charge in [0.1, 0.15) is 35.7 Å². The van der Waals surface area contributed by atoms with Crippen molar-refractivity contribution in [2.24, 2.45) is 0 Å². The van der Waals surface area contributed by atoms with Crippen LogP contribution in [0.25, 0.3) is 11.0 Å². The van der Waals surface area contributed by atoms with Crippen LogP contribution >= 0.6 is 15.9 Å². The molecule has 0 radical (unpaired) electrons. The minimum Gasteiger partial charge on any atom is -0.497 e. The van der Waals surface area contributed by atoms with Gasteiger partial charge in [0.15, 0.2) is 0 Å². The molecular formula is C23H17BrO5. The number of benzene rings is 3. The Labute approximate surface area is 175 Å². The fourth-order valence-electron chi connectivity index (χ4n) is 2.77. The number of rotatable bonds is 6. The van der Waals surface area contributed by atoms with Crippen LogP contribution in [-0.4, -0.2) is 7.11 Å². The van der Waals surface area contributed by atoms with Gasteiger partial charge in [0.25, 0.3) is 0 Å². The summed E-state index contributed by atoms with van der Waals surface area (Å²) in [5.74, 6) is 1.96. The Morgan fingerprint density at radius 3 is 2.31 bits per heavy atom. The van der Waals surface area contributed by atoms with Gasteiger partial charge in [-0.3, -0.25) is 4.79 Å². The first-order valence-electron chi connectivity index (χ1n) is 8.87. The van der Waals surface area contributed by atoms with Crippen molar-refractivity contribution in [2.45, 2.75) is 6.61 Å². The van der Waals surface area contributed by atoms with Crippen molar-refractivity contribution in [3.05, 3.63) is 93.3 Å². The Balaban J connectivity index is 1.52. The summed E-state index contributed by atoms with van der Waals surface area (Å²) in [6.45, 7) is 0.418. The van der Waals surface area contributed by atoms with E-state index in [1.54, 1.807) is 49.6 Å². The standard InChI is InChI=1S/C23H17BrO5/c1-26-17-6-8-18(9-7-17)29-22-14-28-21-12-19(10-11-20(21)23(22)25)27-13-15-2-4-16(24)5-3-15/h2-12,14H,13H2,1H3. The number of hydrogen-bond acceptors (Lipinski definition) is 5. The third-order valence-electron chi connectivity index (χ3n) is 4.32. The van der Waals surface area contributed by atoms with Crippen molar-refractivity contribution in [3.8, 4) is 23.0 Å². The van der Waals surface area contributed by atoms with Gasteiger partial charge in [-0.2, -0.15) is 0 Å². The van der Waals surface area contributed by atoms with E-state index in [1.165, 1.54) is 6.26 Å². The Bertz CT molecular complexity index is 1180. The van der Waals surface area contributed by atoms with Gasteiger partial charge in [0, 0.05) is 10.5 Å². The van der Waals surface area contributed by atoms with Crippen LogP contribution in [0.2, 0.25) is 0 Å². The molecule has 0 saturated heterocycles. The Morgan fingerprint density at radius 2 is 1.59 bits per heavy atom. The quantitative estimate of drug-likeness (QED) is 0.362. The molecule has 0 aliphatic heterocycles. The van der Waals surface area contributed by atoms with Crippen LogP contribution in [0.3, 0.4) is 0 Å². The predicted molar refractivity (Wildman–Crippen MR) is 114 cm³/mol. The molecule has 0 bridgehead atoms. The van der Waals surface area contributed by atoms with Gasteiger partial charge in [0.2, 0.25) is 11.2 Å². The first kappa shape index (κ1) is 19.1. The van der Waals surface area contributed by atoms with E-state index < -0.39 is 0 Å². The third kappa shape index (κ3) is 4.43. The largest absolute Gasteiger partial charge is 0.497 e. The summed E-state index contributed by atoms with van der Waals surface area (Å²) in [5, 5.41) is 0.423. The molecule has 0 fully saturated rings. The molecule has 0 saturated carbocycles. The number of halogens is 1. The maximum absolute atomic E-state index is 12.7. The Morgan fingerprint density at radius 1 is 0.897 bits per heavy atom. The van der Waals surface area contributed by atoms with Crippen molar-refractivity contribution in [1.82, 2.24) is 0 Å². The number of ether oxygens (including phenoxy) is 3. The smallest absolute Gasteiger partial charge is 0.235 e. The number of methoxy groups -OCH3 is 1. The summed E-state index contributed by atoms with van der Waals surface area (Å²) < 4.78 is 23.2. The summed E-state index contributed by atoms with van der Waals surface area (Å²) in [5.41, 5.74) is 1.23. The fraction of sp³-hybridized carbons (Fsp3) is 0.0870. The molecule has 0 unspecified atom stereocenters. The maximum atomic E-state index is 12.7. The minimum absolute atomic E-state index is 0.117. The second-order valence-electron chi connectivity index (χ2n) is 6.28. The van der Waals surface area contributed by atoms with Crippen LogP contribution in [0, 0.1) is 0 Å². The van der Waals surface area contributed by atoms with E-state index in [-0.39, 0.29) is 11.2 Å². The van der Waals surface area contributed by atoms with E-state index in [9.17, 15) is 4.79 Å². The van der Waals surface area contributed by atoms with Crippen molar-refractivity contribution < 1.29 is 18.6 Å². The molecule has 1 aromatic heterocycles. The molecule has 0 aliphatic carbocycles. The van der Waals surface area contributed by atoms with Gasteiger partial charge < -0.3 is 18.6 Å². The normalized spacial score (nSPS) is 10.7. The molecule has 146 valence electrons. The Kier molecular flexibility index (Phi) is 5.53. The zero-order chi connectivity index (χ0) is 20.2. The van der Waals surface area contributed by atoms with Crippen LogP contribution in [0.1, 0.15) is 5.56 Å². The highest BCUT2D eigenvalue weighted by Crippen LogP contribution is 2.25. The van der Waals surface area contributed by atoms with Crippen molar-refractivity contribution >= 4 is 26.9 Å². The van der Waals surface area contributed by atoms with Gasteiger partial charge in [0.05, 0.1) is 12.5 Å². The van der Waals surface area contributed by atoms with Crippen LogP contribution in [-0.2, 0) is 6.61 Å². The molecule has 6 heteroatoms. The monoisotopic (exact) mass is 452 g/mol. The summed E-state index contributed by atoms with van der Waals surface area (Å²) in [6, 6.07) is 20.0. The lowest BCUT2D eigenvalue weighted by Gasteiger charge is -2.09. The van der Waals surface area contributed by atoms with Crippen molar-refractivity contribution in [3.63, 3.8) is 0 Å². The van der Waals surface area contributed by atoms with Gasteiger partial charge in [-0.1, -0.05) is 28.1 Å². The predicted octanol–water partition coefficient (Wildman–Crippen LogP) is 5.94. The highest BCUT2D eigenvalue weighted by atomic mass is 79.9. The molecule has 4 rings (SSSR count). The van der Waals surface area contributed by atoms with Gasteiger partial charge in [-0.05, 0) is 54.1 Å². The highest BCUT2D eigenvalue weighted by molar-refractivity contribution is 9.10. The lowest BCUT2D eigenvalue weighted by atomic mass is 10.2. The first-order chi connectivity index (χ1) is 14.1. The summed E-state index contributed by atoms with van der Waals surface area (Å²) in [4.78, 5) is 12.7. The topological polar surface area (TPSA) is 57.9 Å². The second-order valence-corrected chi connectivity index (χ2v) is 7.20. The number of fused-ring (bicyclic) bond motifs is 1. The van der Waals surface area contributed by atoms with E-state index in [4.69, 9.17) is 18.6 Å². The van der Waals surface area contributed by atoms with Gasteiger partial charge >= 0.3 is 0 Å². The molecule has 0 N–H and O–H groups in total. The zero-order valence-electron chi connectivity index (χ0n) is 15.6. The molecule has 1 heterocycles. The maximum Gasteiger partial charge on any atom is 0.235 e. The second kappa shape index (κ2) is 8.41. The van der Waals surface area contributed by atoms with E-state index in [2.05, 4.69) is 15.9 Å². The molecule has 5 nitrogen and oxygen atoms in total. The highest BCUT2D eigenvalue weighted by Gasteiger charge is 2.10. The summed E-state index contributed by atoms with van der Waals surface area (Å²) in [6.07, 6.45) is 1.31. The van der Waals surface area contributed by atoms with Crippen LogP contribution in [0.15, 0.2) is 86.7 Å². The van der Waals surface area contributed by atoms with E-state index in [1.807, 2.05) is 24.3 Å². The van der Waals surface area contributed by atoms with Gasteiger partial charge in [-0.25, -0.2) is 0 Å². The number of hydrogen-bond donors (Lipinski definition) is 0. The SMILES string of the molecule is COc1ccc(Oc2coc3cc(OCc4ccc(Br)cc4)ccc3c2=O)cc1. The van der Waals surface area contributed by atoms with Crippen molar-refractivity contribution in [1.29, 1.82) is 0 Å². The lowest BCUT2D eigenvalue weighted by molar-refractivity contribution is 0.306. The molecule has 4 aromatic rings. The molecule has 29 heavy (non-hydrogen) atoms. The van der Waals surface area contributed by atoms with Gasteiger partial charge in [-0.15, -0.1) is 0 Å². The summed E-state index contributed by atoms with van der Waals surface area (Å²) >= 11 is 3.41. The van der Waals surface area contributed by atoms with Crippen LogP contribution < -0.4 is 19.6 Å². The summed E-state index contributed by atoms with van der Waals surface area (Å²) in [7, 11) is 1.59. The van der Waals surface area contributed by atoms with Crippen LogP contribution in [0.4, 0.5) is 0 Å². The average Bonchev–Trinajstić information content (AvgIpc) is 2.76. The zero-order valence-corrected chi connectivity index (χ0v) is 17.1. The molecule has 0 atom stereocenters.